The first-order chi connectivity index (χ1) is 9.25. The number of ether oxygens (including phenoxy) is 2. The summed E-state index contributed by atoms with van der Waals surface area (Å²) < 4.78 is 10.5. The van der Waals surface area contributed by atoms with Gasteiger partial charge < -0.3 is 19.5 Å². The van der Waals surface area contributed by atoms with Crippen molar-refractivity contribution >= 4 is 0 Å². The summed E-state index contributed by atoms with van der Waals surface area (Å²) in [5.74, 6) is 2.19. The minimum absolute atomic E-state index is 0.323. The van der Waals surface area contributed by atoms with Gasteiger partial charge in [-0.1, -0.05) is 0 Å². The zero-order valence-electron chi connectivity index (χ0n) is 11.8. The first kappa shape index (κ1) is 14.2. The van der Waals surface area contributed by atoms with E-state index in [2.05, 4.69) is 17.0 Å². The lowest BCUT2D eigenvalue weighted by molar-refractivity contribution is 0.0533. The summed E-state index contributed by atoms with van der Waals surface area (Å²) in [6.07, 6.45) is 2.14. The number of hydrogen-bond donors (Lipinski definition) is 1. The Morgan fingerprint density at radius 3 is 2.32 bits per heavy atom. The van der Waals surface area contributed by atoms with E-state index < -0.39 is 0 Å². The normalized spacial score (nSPS) is 16.2. The van der Waals surface area contributed by atoms with Crippen LogP contribution in [0.3, 0.4) is 0 Å². The monoisotopic (exact) mass is 265 g/mol. The second-order valence-electron chi connectivity index (χ2n) is 5.13. The van der Waals surface area contributed by atoms with Gasteiger partial charge in [-0.2, -0.15) is 0 Å². The topological polar surface area (TPSA) is 41.9 Å². The molecule has 4 nitrogen and oxygen atoms in total. The van der Waals surface area contributed by atoms with Crippen molar-refractivity contribution in [3.05, 3.63) is 23.8 Å². The molecule has 0 spiro atoms. The average molecular weight is 265 g/mol. The maximum atomic E-state index is 8.97. The number of hydrogen-bond acceptors (Lipinski definition) is 4. The lowest BCUT2D eigenvalue weighted by atomic mass is 10.0. The molecule has 1 N–H and O–H groups in total. The summed E-state index contributed by atoms with van der Waals surface area (Å²) >= 11 is 0. The Balaban J connectivity index is 1.79. The summed E-state index contributed by atoms with van der Waals surface area (Å²) in [5, 5.41) is 8.97. The lowest BCUT2D eigenvalue weighted by Gasteiger charge is -2.38. The number of aliphatic hydroxyl groups is 1. The van der Waals surface area contributed by atoms with E-state index in [1.54, 1.807) is 14.2 Å². The number of methoxy groups -OCH3 is 2. The maximum Gasteiger partial charge on any atom is 0.122 e. The summed E-state index contributed by atoms with van der Waals surface area (Å²) in [6.45, 7) is 3.50. The van der Waals surface area contributed by atoms with Crippen LogP contribution in [0.1, 0.15) is 12.0 Å². The third kappa shape index (κ3) is 3.85. The van der Waals surface area contributed by atoms with E-state index in [-0.39, 0.29) is 0 Å². The molecule has 19 heavy (non-hydrogen) atoms. The van der Waals surface area contributed by atoms with Gasteiger partial charge in [0, 0.05) is 31.7 Å². The lowest BCUT2D eigenvalue weighted by Crippen LogP contribution is -2.48. The molecular weight excluding hydrogens is 242 g/mol. The van der Waals surface area contributed by atoms with Crippen LogP contribution in [-0.4, -0.2) is 50.5 Å². The standard InChI is InChI=1S/C15H23NO3/c1-18-14-6-12(7-15(8-14)19-2)4-3-5-16-9-13(10-16)11-17/h6-8,13,17H,3-5,9-11H2,1-2H3. The van der Waals surface area contributed by atoms with Gasteiger partial charge in [-0.05, 0) is 37.1 Å². The van der Waals surface area contributed by atoms with Gasteiger partial charge in [0.15, 0.2) is 0 Å². The summed E-state index contributed by atoms with van der Waals surface area (Å²) in [5.41, 5.74) is 1.25. The highest BCUT2D eigenvalue weighted by atomic mass is 16.5. The predicted molar refractivity (Wildman–Crippen MR) is 74.9 cm³/mol. The van der Waals surface area contributed by atoms with Crippen molar-refractivity contribution in [1.82, 2.24) is 4.90 Å². The smallest absolute Gasteiger partial charge is 0.122 e. The van der Waals surface area contributed by atoms with Crippen LogP contribution in [0.2, 0.25) is 0 Å². The van der Waals surface area contributed by atoms with Crippen molar-refractivity contribution < 1.29 is 14.6 Å². The quantitative estimate of drug-likeness (QED) is 0.812. The fraction of sp³-hybridized carbons (Fsp3) is 0.600. The van der Waals surface area contributed by atoms with Crippen LogP contribution in [0.5, 0.6) is 11.5 Å². The molecule has 1 aromatic rings. The van der Waals surface area contributed by atoms with E-state index in [4.69, 9.17) is 14.6 Å². The first-order valence-electron chi connectivity index (χ1n) is 6.80. The zero-order valence-corrected chi connectivity index (χ0v) is 11.8. The highest BCUT2D eigenvalue weighted by Gasteiger charge is 2.24. The molecule has 1 aliphatic rings. The molecule has 0 radical (unpaired) electrons. The van der Waals surface area contributed by atoms with Crippen molar-refractivity contribution in [2.45, 2.75) is 12.8 Å². The number of nitrogens with zero attached hydrogens (tertiary/aromatic N) is 1. The molecule has 0 unspecified atom stereocenters. The van der Waals surface area contributed by atoms with Gasteiger partial charge in [-0.15, -0.1) is 0 Å². The molecule has 0 bridgehead atoms. The van der Waals surface area contributed by atoms with E-state index in [1.165, 1.54) is 5.56 Å². The molecule has 0 atom stereocenters. The number of rotatable bonds is 7. The molecule has 1 aliphatic heterocycles. The van der Waals surface area contributed by atoms with Crippen molar-refractivity contribution in [3.63, 3.8) is 0 Å². The van der Waals surface area contributed by atoms with Crippen molar-refractivity contribution in [2.75, 3.05) is 40.5 Å². The Hall–Kier alpha value is -1.26. The van der Waals surface area contributed by atoms with Gasteiger partial charge in [0.25, 0.3) is 0 Å². The van der Waals surface area contributed by atoms with Crippen molar-refractivity contribution in [3.8, 4) is 11.5 Å². The van der Waals surface area contributed by atoms with E-state index >= 15 is 0 Å². The van der Waals surface area contributed by atoms with Gasteiger partial charge in [0.05, 0.1) is 14.2 Å². The van der Waals surface area contributed by atoms with Crippen LogP contribution < -0.4 is 9.47 Å². The third-order valence-electron chi connectivity index (χ3n) is 3.64. The van der Waals surface area contributed by atoms with Crippen molar-refractivity contribution in [1.29, 1.82) is 0 Å². The van der Waals surface area contributed by atoms with Gasteiger partial charge >= 0.3 is 0 Å². The molecule has 0 aliphatic carbocycles. The molecule has 0 aromatic heterocycles. The SMILES string of the molecule is COc1cc(CCCN2CC(CO)C2)cc(OC)c1. The molecule has 2 rings (SSSR count). The van der Waals surface area contributed by atoms with E-state index in [9.17, 15) is 0 Å². The van der Waals surface area contributed by atoms with Crippen LogP contribution in [-0.2, 0) is 6.42 Å². The fourth-order valence-electron chi connectivity index (χ4n) is 2.49. The minimum Gasteiger partial charge on any atom is -0.497 e. The largest absolute Gasteiger partial charge is 0.497 e. The molecule has 0 amide bonds. The zero-order chi connectivity index (χ0) is 13.7. The summed E-state index contributed by atoms with van der Waals surface area (Å²) in [4.78, 5) is 2.39. The van der Waals surface area contributed by atoms with Gasteiger partial charge in [0.1, 0.15) is 11.5 Å². The van der Waals surface area contributed by atoms with Crippen molar-refractivity contribution in [2.24, 2.45) is 5.92 Å². The molecule has 1 aromatic carbocycles. The Labute approximate surface area is 114 Å². The van der Waals surface area contributed by atoms with Crippen LogP contribution in [0, 0.1) is 5.92 Å². The summed E-state index contributed by atoms with van der Waals surface area (Å²) in [6, 6.07) is 6.02. The van der Waals surface area contributed by atoms with E-state index in [1.807, 2.05) is 6.07 Å². The third-order valence-corrected chi connectivity index (χ3v) is 3.64. The summed E-state index contributed by atoms with van der Waals surface area (Å²) in [7, 11) is 3.35. The van der Waals surface area contributed by atoms with Gasteiger partial charge in [-0.25, -0.2) is 0 Å². The Morgan fingerprint density at radius 1 is 1.16 bits per heavy atom. The highest BCUT2D eigenvalue weighted by Crippen LogP contribution is 2.23. The number of aliphatic hydroxyl groups excluding tert-OH is 1. The average Bonchev–Trinajstić information content (AvgIpc) is 2.40. The Kier molecular flexibility index (Phi) is 5.05. The Morgan fingerprint density at radius 2 is 1.79 bits per heavy atom. The maximum absolute atomic E-state index is 8.97. The second kappa shape index (κ2) is 6.78. The molecule has 1 saturated heterocycles. The number of aryl methyl sites for hydroxylation is 1. The highest BCUT2D eigenvalue weighted by molar-refractivity contribution is 5.38. The second-order valence-corrected chi connectivity index (χ2v) is 5.13. The van der Waals surface area contributed by atoms with Crippen LogP contribution in [0.4, 0.5) is 0 Å². The first-order valence-corrected chi connectivity index (χ1v) is 6.80. The Bertz CT molecular complexity index is 380. The fourth-order valence-corrected chi connectivity index (χ4v) is 2.49. The minimum atomic E-state index is 0.323. The van der Waals surface area contributed by atoms with Gasteiger partial charge in [-0.3, -0.25) is 0 Å². The number of benzene rings is 1. The molecule has 4 heteroatoms. The molecule has 106 valence electrons. The van der Waals surface area contributed by atoms with Crippen LogP contribution in [0.25, 0.3) is 0 Å². The van der Waals surface area contributed by atoms with E-state index in [0.29, 0.717) is 12.5 Å². The van der Waals surface area contributed by atoms with E-state index in [0.717, 1.165) is 44.0 Å². The molecule has 1 heterocycles. The van der Waals surface area contributed by atoms with Gasteiger partial charge in [0.2, 0.25) is 0 Å². The predicted octanol–water partition coefficient (Wildman–Crippen LogP) is 1.56. The number of likely N-dealkylation sites (tertiary alicyclic amines) is 1. The molecular formula is C15H23NO3. The van der Waals surface area contributed by atoms with Crippen LogP contribution in [0.15, 0.2) is 18.2 Å². The molecule has 0 saturated carbocycles. The molecule has 1 fully saturated rings. The van der Waals surface area contributed by atoms with Crippen LogP contribution >= 0.6 is 0 Å².